The lowest BCUT2D eigenvalue weighted by Gasteiger charge is -2.07. The summed E-state index contributed by atoms with van der Waals surface area (Å²) < 4.78 is 25.8. The summed E-state index contributed by atoms with van der Waals surface area (Å²) in [5.74, 6) is 0.612. The molecule has 0 unspecified atom stereocenters. The summed E-state index contributed by atoms with van der Waals surface area (Å²) in [6.07, 6.45) is 2.07. The van der Waals surface area contributed by atoms with Crippen LogP contribution in [0.15, 0.2) is 24.3 Å². The highest BCUT2D eigenvalue weighted by atomic mass is 35.5. The number of halogens is 1. The fraction of sp³-hybridized carbons (Fsp3) is 0.455. The van der Waals surface area contributed by atoms with E-state index in [-0.39, 0.29) is 12.3 Å². The second kappa shape index (κ2) is 4.73. The first-order chi connectivity index (χ1) is 7.57. The number of nitrogens with one attached hydrogen (secondary N) is 1. The van der Waals surface area contributed by atoms with E-state index in [0.29, 0.717) is 10.9 Å². The van der Waals surface area contributed by atoms with Gasteiger partial charge in [0.1, 0.15) is 0 Å². The van der Waals surface area contributed by atoms with E-state index in [2.05, 4.69) is 4.72 Å². The van der Waals surface area contributed by atoms with Crippen LogP contribution in [0, 0.1) is 5.92 Å². The number of sulfonamides is 1. The second-order valence-corrected chi connectivity index (χ2v) is 6.40. The molecule has 0 spiro atoms. The minimum Gasteiger partial charge on any atom is -0.212 e. The zero-order chi connectivity index (χ0) is 11.6. The molecule has 0 saturated heterocycles. The molecule has 0 aromatic heterocycles. The zero-order valence-corrected chi connectivity index (χ0v) is 10.4. The number of benzene rings is 1. The Balaban J connectivity index is 1.93. The van der Waals surface area contributed by atoms with E-state index in [1.807, 2.05) is 18.2 Å². The molecule has 0 aliphatic heterocycles. The summed E-state index contributed by atoms with van der Waals surface area (Å²) in [5, 5.41) is 0.594. The first kappa shape index (κ1) is 11.9. The van der Waals surface area contributed by atoms with Crippen molar-refractivity contribution in [1.82, 2.24) is 4.72 Å². The third-order valence-corrected chi connectivity index (χ3v) is 4.46. The molecule has 1 N–H and O–H groups in total. The van der Waals surface area contributed by atoms with E-state index in [9.17, 15) is 8.42 Å². The Morgan fingerprint density at radius 3 is 2.62 bits per heavy atom. The molecule has 1 aliphatic rings. The van der Waals surface area contributed by atoms with Crippen molar-refractivity contribution in [3.8, 4) is 0 Å². The topological polar surface area (TPSA) is 46.2 Å². The monoisotopic (exact) mass is 259 g/mol. The molecule has 3 nitrogen and oxygen atoms in total. The van der Waals surface area contributed by atoms with Gasteiger partial charge >= 0.3 is 0 Å². The number of rotatable bonds is 5. The van der Waals surface area contributed by atoms with Gasteiger partial charge in [-0.25, -0.2) is 13.1 Å². The maximum Gasteiger partial charge on any atom is 0.212 e. The van der Waals surface area contributed by atoms with E-state index < -0.39 is 10.0 Å². The molecule has 1 aromatic carbocycles. The normalized spacial score (nSPS) is 16.3. The maximum absolute atomic E-state index is 11.6. The molecule has 1 aliphatic carbocycles. The molecular formula is C11H14ClNO2S. The molecule has 1 fully saturated rings. The van der Waals surface area contributed by atoms with Crippen LogP contribution in [0.5, 0.6) is 0 Å². The summed E-state index contributed by atoms with van der Waals surface area (Å²) in [6.45, 7) is 0.273. The van der Waals surface area contributed by atoms with Gasteiger partial charge in [-0.15, -0.1) is 0 Å². The van der Waals surface area contributed by atoms with Gasteiger partial charge in [0, 0.05) is 11.6 Å². The molecule has 2 rings (SSSR count). The first-order valence-electron chi connectivity index (χ1n) is 5.27. The van der Waals surface area contributed by atoms with Crippen molar-refractivity contribution >= 4 is 21.6 Å². The highest BCUT2D eigenvalue weighted by Crippen LogP contribution is 2.30. The molecule has 5 heteroatoms. The Bertz CT molecular complexity index is 469. The van der Waals surface area contributed by atoms with Crippen molar-refractivity contribution in [3.63, 3.8) is 0 Å². The first-order valence-corrected chi connectivity index (χ1v) is 7.30. The Kier molecular flexibility index (Phi) is 3.52. The third kappa shape index (κ3) is 3.47. The lowest BCUT2D eigenvalue weighted by molar-refractivity contribution is 0.577. The summed E-state index contributed by atoms with van der Waals surface area (Å²) in [4.78, 5) is 0. The van der Waals surface area contributed by atoms with Gasteiger partial charge in [-0.05, 0) is 30.4 Å². The molecule has 16 heavy (non-hydrogen) atoms. The fourth-order valence-corrected chi connectivity index (χ4v) is 3.13. The quantitative estimate of drug-likeness (QED) is 0.881. The van der Waals surface area contributed by atoms with Crippen molar-refractivity contribution in [2.45, 2.75) is 19.4 Å². The smallest absolute Gasteiger partial charge is 0.212 e. The van der Waals surface area contributed by atoms with Crippen molar-refractivity contribution < 1.29 is 8.42 Å². The summed E-state index contributed by atoms with van der Waals surface area (Å²) >= 11 is 5.94. The molecule has 0 heterocycles. The molecule has 0 radical (unpaired) electrons. The molecule has 1 aromatic rings. The van der Waals surface area contributed by atoms with Crippen LogP contribution in [0.2, 0.25) is 5.02 Å². The van der Waals surface area contributed by atoms with E-state index in [1.165, 1.54) is 0 Å². The summed E-state index contributed by atoms with van der Waals surface area (Å²) in [5.41, 5.74) is 0.809. The second-order valence-electron chi connectivity index (χ2n) is 4.14. The van der Waals surface area contributed by atoms with Crippen LogP contribution in [-0.4, -0.2) is 14.2 Å². The van der Waals surface area contributed by atoms with Crippen LogP contribution < -0.4 is 4.72 Å². The fourth-order valence-electron chi connectivity index (χ4n) is 1.48. The maximum atomic E-state index is 11.6. The van der Waals surface area contributed by atoms with Crippen molar-refractivity contribution in [2.24, 2.45) is 5.92 Å². The zero-order valence-electron chi connectivity index (χ0n) is 8.82. The Morgan fingerprint density at radius 2 is 2.00 bits per heavy atom. The van der Waals surface area contributed by atoms with Crippen molar-refractivity contribution in [3.05, 3.63) is 34.9 Å². The Labute approximate surface area is 101 Å². The average Bonchev–Trinajstić information content (AvgIpc) is 3.00. The van der Waals surface area contributed by atoms with Crippen LogP contribution in [-0.2, 0) is 16.6 Å². The molecule has 88 valence electrons. The van der Waals surface area contributed by atoms with E-state index in [0.717, 1.165) is 18.4 Å². The molecule has 0 atom stereocenters. The Hall–Kier alpha value is -0.580. The van der Waals surface area contributed by atoms with Crippen LogP contribution in [0.3, 0.4) is 0 Å². The molecule has 1 saturated carbocycles. The highest BCUT2D eigenvalue weighted by molar-refractivity contribution is 7.89. The van der Waals surface area contributed by atoms with Crippen molar-refractivity contribution in [2.75, 3.05) is 5.75 Å². The van der Waals surface area contributed by atoms with Crippen LogP contribution >= 0.6 is 11.6 Å². The molecule has 0 bridgehead atoms. The van der Waals surface area contributed by atoms with E-state index in [1.54, 1.807) is 6.07 Å². The number of hydrogen-bond donors (Lipinski definition) is 1. The number of hydrogen-bond acceptors (Lipinski definition) is 2. The van der Waals surface area contributed by atoms with E-state index in [4.69, 9.17) is 11.6 Å². The Morgan fingerprint density at radius 1 is 1.31 bits per heavy atom. The van der Waals surface area contributed by atoms with Crippen LogP contribution in [0.1, 0.15) is 18.4 Å². The standard InChI is InChI=1S/C11H14ClNO2S/c12-11-4-2-1-3-10(11)7-13-16(14,15)8-9-5-6-9/h1-4,9,13H,5-8H2. The van der Waals surface area contributed by atoms with Gasteiger partial charge in [-0.3, -0.25) is 0 Å². The summed E-state index contributed by atoms with van der Waals surface area (Å²) in [7, 11) is -3.14. The van der Waals surface area contributed by atoms with Gasteiger partial charge in [-0.2, -0.15) is 0 Å². The van der Waals surface area contributed by atoms with E-state index >= 15 is 0 Å². The minimum absolute atomic E-state index is 0.247. The third-order valence-electron chi connectivity index (χ3n) is 2.59. The lowest BCUT2D eigenvalue weighted by atomic mass is 10.2. The minimum atomic E-state index is -3.14. The largest absolute Gasteiger partial charge is 0.212 e. The highest BCUT2D eigenvalue weighted by Gasteiger charge is 2.27. The molecular weight excluding hydrogens is 246 g/mol. The van der Waals surface area contributed by atoms with Gasteiger partial charge in [0.25, 0.3) is 0 Å². The van der Waals surface area contributed by atoms with Gasteiger partial charge in [0.2, 0.25) is 10.0 Å². The van der Waals surface area contributed by atoms with Gasteiger partial charge in [0.15, 0.2) is 0 Å². The van der Waals surface area contributed by atoms with Crippen LogP contribution in [0.4, 0.5) is 0 Å². The molecule has 0 amide bonds. The van der Waals surface area contributed by atoms with Gasteiger partial charge in [0.05, 0.1) is 5.75 Å². The van der Waals surface area contributed by atoms with Gasteiger partial charge in [-0.1, -0.05) is 29.8 Å². The predicted octanol–water partition coefficient (Wildman–Crippen LogP) is 2.17. The predicted molar refractivity (Wildman–Crippen MR) is 64.8 cm³/mol. The van der Waals surface area contributed by atoms with Crippen molar-refractivity contribution in [1.29, 1.82) is 0 Å². The van der Waals surface area contributed by atoms with Gasteiger partial charge < -0.3 is 0 Å². The lowest BCUT2D eigenvalue weighted by Crippen LogP contribution is -2.26. The average molecular weight is 260 g/mol. The summed E-state index contributed by atoms with van der Waals surface area (Å²) in [6, 6.07) is 7.25. The SMILES string of the molecule is O=S(=O)(CC1CC1)NCc1ccccc1Cl. The van der Waals surface area contributed by atoms with Crippen LogP contribution in [0.25, 0.3) is 0 Å².